The monoisotopic (exact) mass is 280 g/mol. The molecule has 1 aromatic carbocycles. The van der Waals surface area contributed by atoms with E-state index >= 15 is 0 Å². The molecule has 16 heavy (non-hydrogen) atoms. The van der Waals surface area contributed by atoms with Gasteiger partial charge in [0.2, 0.25) is 5.88 Å². The lowest BCUT2D eigenvalue weighted by Gasteiger charge is -2.12. The first kappa shape index (κ1) is 11.2. The Morgan fingerprint density at radius 2 is 2.06 bits per heavy atom. The number of aromatic nitrogens is 1. The van der Waals surface area contributed by atoms with Crippen molar-refractivity contribution in [1.82, 2.24) is 5.16 Å². The Morgan fingerprint density at radius 1 is 1.31 bits per heavy atom. The number of hydrogen-bond donors (Lipinski definition) is 1. The molecule has 0 aliphatic heterocycles. The summed E-state index contributed by atoms with van der Waals surface area (Å²) in [7, 11) is 0. The molecule has 2 N–H and O–H groups in total. The summed E-state index contributed by atoms with van der Waals surface area (Å²) >= 11 is 3.46. The molecular formula is C12H13BrN2O. The highest BCUT2D eigenvalue weighted by molar-refractivity contribution is 9.10. The molecule has 4 heteroatoms. The first-order chi connectivity index (χ1) is 7.59. The van der Waals surface area contributed by atoms with Crippen LogP contribution >= 0.6 is 15.9 Å². The Bertz CT molecular complexity index is 505. The molecule has 1 heterocycles. The smallest absolute Gasteiger partial charge is 0.229 e. The predicted molar refractivity (Wildman–Crippen MR) is 68.1 cm³/mol. The fourth-order valence-corrected chi connectivity index (χ4v) is 2.08. The van der Waals surface area contributed by atoms with Crippen molar-refractivity contribution in [2.45, 2.75) is 19.8 Å². The molecule has 0 atom stereocenters. The van der Waals surface area contributed by atoms with Crippen molar-refractivity contribution in [2.24, 2.45) is 0 Å². The average molecular weight is 281 g/mol. The van der Waals surface area contributed by atoms with Crippen molar-refractivity contribution in [2.75, 3.05) is 5.73 Å². The highest BCUT2D eigenvalue weighted by atomic mass is 79.9. The lowest BCUT2D eigenvalue weighted by atomic mass is 9.94. The molecular weight excluding hydrogens is 268 g/mol. The third kappa shape index (κ3) is 1.97. The van der Waals surface area contributed by atoms with E-state index in [0.29, 0.717) is 11.8 Å². The second-order valence-electron chi connectivity index (χ2n) is 3.99. The molecule has 84 valence electrons. The Hall–Kier alpha value is -1.29. The molecule has 0 spiro atoms. The van der Waals surface area contributed by atoms with E-state index in [9.17, 15) is 0 Å². The highest BCUT2D eigenvalue weighted by Crippen LogP contribution is 2.34. The van der Waals surface area contributed by atoms with Crippen molar-refractivity contribution in [3.05, 3.63) is 34.4 Å². The maximum absolute atomic E-state index is 5.75. The molecule has 0 aliphatic rings. The summed E-state index contributed by atoms with van der Waals surface area (Å²) in [6, 6.07) is 6.16. The Morgan fingerprint density at radius 3 is 2.62 bits per heavy atom. The zero-order chi connectivity index (χ0) is 11.7. The van der Waals surface area contributed by atoms with Crippen LogP contribution in [0.4, 0.5) is 5.88 Å². The van der Waals surface area contributed by atoms with Crippen LogP contribution in [0.25, 0.3) is 11.1 Å². The summed E-state index contributed by atoms with van der Waals surface area (Å²) in [6.45, 7) is 4.30. The molecule has 0 amide bonds. The van der Waals surface area contributed by atoms with Crippen LogP contribution in [0.15, 0.2) is 33.4 Å². The van der Waals surface area contributed by atoms with E-state index in [1.165, 1.54) is 5.56 Å². The lowest BCUT2D eigenvalue weighted by molar-refractivity contribution is 0.436. The first-order valence-corrected chi connectivity index (χ1v) is 5.89. The highest BCUT2D eigenvalue weighted by Gasteiger charge is 2.14. The maximum atomic E-state index is 5.75. The molecule has 0 aliphatic carbocycles. The minimum atomic E-state index is 0.361. The van der Waals surface area contributed by atoms with Gasteiger partial charge in [0.1, 0.15) is 0 Å². The topological polar surface area (TPSA) is 52.0 Å². The average Bonchev–Trinajstić information content (AvgIpc) is 2.63. The van der Waals surface area contributed by atoms with Gasteiger partial charge in [0.15, 0.2) is 0 Å². The molecule has 1 aromatic heterocycles. The zero-order valence-corrected chi connectivity index (χ0v) is 10.8. The van der Waals surface area contributed by atoms with Gasteiger partial charge < -0.3 is 10.3 Å². The van der Waals surface area contributed by atoms with Gasteiger partial charge in [-0.3, -0.25) is 0 Å². The van der Waals surface area contributed by atoms with E-state index in [4.69, 9.17) is 10.3 Å². The van der Waals surface area contributed by atoms with Crippen molar-refractivity contribution < 1.29 is 4.52 Å². The number of nitrogens with two attached hydrogens (primary N) is 1. The van der Waals surface area contributed by atoms with Gasteiger partial charge in [-0.05, 0) is 29.2 Å². The normalized spacial score (nSPS) is 11.0. The van der Waals surface area contributed by atoms with Gasteiger partial charge in [-0.1, -0.05) is 41.0 Å². The number of hydrogen-bond acceptors (Lipinski definition) is 3. The van der Waals surface area contributed by atoms with Gasteiger partial charge in [-0.25, -0.2) is 0 Å². The summed E-state index contributed by atoms with van der Waals surface area (Å²) in [4.78, 5) is 0. The summed E-state index contributed by atoms with van der Waals surface area (Å²) < 4.78 is 5.93. The Labute approximate surface area is 103 Å². The third-order valence-electron chi connectivity index (χ3n) is 2.53. The molecule has 0 radical (unpaired) electrons. The van der Waals surface area contributed by atoms with Crippen LogP contribution in [0.3, 0.4) is 0 Å². The summed E-state index contributed by atoms with van der Waals surface area (Å²) in [5, 5.41) is 3.71. The molecule has 2 rings (SSSR count). The van der Waals surface area contributed by atoms with Gasteiger partial charge in [-0.15, -0.1) is 0 Å². The number of anilines is 1. The van der Waals surface area contributed by atoms with Crippen molar-refractivity contribution >= 4 is 21.8 Å². The fraction of sp³-hybridized carbons (Fsp3) is 0.250. The number of nitrogen functional groups attached to an aromatic ring is 1. The van der Waals surface area contributed by atoms with Crippen LogP contribution in [-0.4, -0.2) is 5.16 Å². The predicted octanol–water partition coefficient (Wildman–Crippen LogP) is 3.81. The van der Waals surface area contributed by atoms with E-state index in [1.54, 1.807) is 6.20 Å². The SMILES string of the molecule is CC(C)c1ccc(Br)cc1-c1cnoc1N. The van der Waals surface area contributed by atoms with Gasteiger partial charge in [0.05, 0.1) is 11.8 Å². The van der Waals surface area contributed by atoms with Gasteiger partial charge in [0.25, 0.3) is 0 Å². The van der Waals surface area contributed by atoms with Crippen LogP contribution in [0, 0.1) is 0 Å². The van der Waals surface area contributed by atoms with E-state index < -0.39 is 0 Å². The summed E-state index contributed by atoms with van der Waals surface area (Å²) in [5.41, 5.74) is 8.91. The van der Waals surface area contributed by atoms with E-state index in [0.717, 1.165) is 15.6 Å². The molecule has 3 nitrogen and oxygen atoms in total. The Kier molecular flexibility index (Phi) is 3.01. The summed E-state index contributed by atoms with van der Waals surface area (Å²) in [6.07, 6.45) is 1.66. The van der Waals surface area contributed by atoms with Crippen molar-refractivity contribution in [3.63, 3.8) is 0 Å². The van der Waals surface area contributed by atoms with Crippen LogP contribution in [0.1, 0.15) is 25.3 Å². The molecule has 0 saturated heterocycles. The van der Waals surface area contributed by atoms with Crippen LogP contribution < -0.4 is 5.73 Å². The van der Waals surface area contributed by atoms with E-state index in [2.05, 4.69) is 41.0 Å². The second kappa shape index (κ2) is 4.29. The van der Waals surface area contributed by atoms with Crippen LogP contribution in [0.2, 0.25) is 0 Å². The Balaban J connectivity index is 2.63. The largest absolute Gasteiger partial charge is 0.367 e. The molecule has 0 unspecified atom stereocenters. The number of nitrogens with zero attached hydrogens (tertiary/aromatic N) is 1. The number of benzene rings is 1. The molecule has 2 aromatic rings. The summed E-state index contributed by atoms with van der Waals surface area (Å²) in [5.74, 6) is 0.789. The standard InChI is InChI=1S/C12H13BrN2O/c1-7(2)9-4-3-8(13)5-10(9)11-6-15-16-12(11)14/h3-7H,14H2,1-2H3. The van der Waals surface area contributed by atoms with E-state index in [1.807, 2.05) is 12.1 Å². The molecule has 0 saturated carbocycles. The van der Waals surface area contributed by atoms with Crippen LogP contribution in [-0.2, 0) is 0 Å². The zero-order valence-electron chi connectivity index (χ0n) is 9.20. The van der Waals surface area contributed by atoms with Crippen molar-refractivity contribution in [1.29, 1.82) is 0 Å². The van der Waals surface area contributed by atoms with E-state index in [-0.39, 0.29) is 0 Å². The lowest BCUT2D eigenvalue weighted by Crippen LogP contribution is -1.94. The van der Waals surface area contributed by atoms with Gasteiger partial charge in [0, 0.05) is 4.47 Å². The maximum Gasteiger partial charge on any atom is 0.229 e. The quantitative estimate of drug-likeness (QED) is 0.910. The second-order valence-corrected chi connectivity index (χ2v) is 4.91. The minimum absolute atomic E-state index is 0.361. The van der Waals surface area contributed by atoms with Crippen LogP contribution in [0.5, 0.6) is 0 Å². The molecule has 0 fully saturated rings. The van der Waals surface area contributed by atoms with Crippen molar-refractivity contribution in [3.8, 4) is 11.1 Å². The van der Waals surface area contributed by atoms with Gasteiger partial charge >= 0.3 is 0 Å². The third-order valence-corrected chi connectivity index (χ3v) is 3.02. The number of halogens is 1. The number of rotatable bonds is 2. The van der Waals surface area contributed by atoms with Gasteiger partial charge in [-0.2, -0.15) is 0 Å². The molecule has 0 bridgehead atoms. The minimum Gasteiger partial charge on any atom is -0.367 e. The first-order valence-electron chi connectivity index (χ1n) is 5.09. The fourth-order valence-electron chi connectivity index (χ4n) is 1.72.